The summed E-state index contributed by atoms with van der Waals surface area (Å²) in [7, 11) is 0. The summed E-state index contributed by atoms with van der Waals surface area (Å²) in [4.78, 5) is 59.2. The van der Waals surface area contributed by atoms with Crippen molar-refractivity contribution in [1.29, 1.82) is 0 Å². The number of Topliss-reactive ketones (excluding diaryl/α,β-unsaturated/α-hetero) is 1. The molecule has 8 heteroatoms. The molecule has 0 spiro atoms. The molecule has 0 saturated carbocycles. The van der Waals surface area contributed by atoms with E-state index in [1.807, 2.05) is 58.0 Å². The first-order valence-electron chi connectivity index (χ1n) is 15.1. The van der Waals surface area contributed by atoms with E-state index < -0.39 is 12.6 Å². The predicted octanol–water partition coefficient (Wildman–Crippen LogP) is 7.58. The SMILES string of the molecule is CCc1cc(Br)cc2c(C(=O)OCC(=O)c3ccc(C)c(C)c3)cc(-c3ccc(N4C(=O)C5CC=CC(C)C5C4=O)cc3)nc12. The highest BCUT2D eigenvalue weighted by Gasteiger charge is 2.50. The Hall–Kier alpha value is -4.43. The van der Waals surface area contributed by atoms with Crippen molar-refractivity contribution in [3.8, 4) is 11.3 Å². The molecular weight excluding hydrogens is 632 g/mol. The lowest BCUT2D eigenvalue weighted by Crippen LogP contribution is -2.31. The number of hydrogen-bond acceptors (Lipinski definition) is 6. The molecule has 6 rings (SSSR count). The summed E-state index contributed by atoms with van der Waals surface area (Å²) in [6.45, 7) is 7.51. The van der Waals surface area contributed by atoms with Gasteiger partial charge in [-0.15, -0.1) is 0 Å². The van der Waals surface area contributed by atoms with Crippen LogP contribution in [0.4, 0.5) is 5.69 Å². The number of amides is 2. The summed E-state index contributed by atoms with van der Waals surface area (Å²) in [6, 6.07) is 18.0. The first-order chi connectivity index (χ1) is 21.6. The topological polar surface area (TPSA) is 93.6 Å². The number of aromatic nitrogens is 1. The monoisotopic (exact) mass is 664 g/mol. The Labute approximate surface area is 270 Å². The number of ketones is 1. The molecule has 2 amide bonds. The highest BCUT2D eigenvalue weighted by molar-refractivity contribution is 9.10. The number of fused-ring (bicyclic) bond motifs is 2. The van der Waals surface area contributed by atoms with Crippen molar-refractivity contribution in [2.75, 3.05) is 11.5 Å². The van der Waals surface area contributed by atoms with E-state index in [0.717, 1.165) is 21.2 Å². The average molecular weight is 666 g/mol. The van der Waals surface area contributed by atoms with Gasteiger partial charge in [0.15, 0.2) is 12.4 Å². The van der Waals surface area contributed by atoms with Crippen LogP contribution in [0.5, 0.6) is 0 Å². The molecule has 1 saturated heterocycles. The molecule has 0 bridgehead atoms. The fourth-order valence-electron chi connectivity index (χ4n) is 6.34. The molecule has 4 aromatic rings. The number of pyridine rings is 1. The second-order valence-electron chi connectivity index (χ2n) is 11.9. The average Bonchev–Trinajstić information content (AvgIpc) is 3.30. The third-order valence-electron chi connectivity index (χ3n) is 9.02. The van der Waals surface area contributed by atoms with E-state index in [-0.39, 0.29) is 35.4 Å². The molecule has 0 radical (unpaired) electrons. The highest BCUT2D eigenvalue weighted by Crippen LogP contribution is 2.41. The van der Waals surface area contributed by atoms with Crippen molar-refractivity contribution in [2.45, 2.75) is 40.5 Å². The van der Waals surface area contributed by atoms with Crippen LogP contribution in [-0.4, -0.2) is 35.2 Å². The molecule has 45 heavy (non-hydrogen) atoms. The molecule has 2 heterocycles. The first kappa shape index (κ1) is 30.6. The summed E-state index contributed by atoms with van der Waals surface area (Å²) in [5.41, 5.74) is 6.19. The van der Waals surface area contributed by atoms with Crippen LogP contribution in [0.1, 0.15) is 57.7 Å². The third-order valence-corrected chi connectivity index (χ3v) is 9.47. The zero-order chi connectivity index (χ0) is 32.0. The summed E-state index contributed by atoms with van der Waals surface area (Å²) < 4.78 is 6.38. The van der Waals surface area contributed by atoms with E-state index in [2.05, 4.69) is 15.9 Å². The number of allylic oxidation sites excluding steroid dienone is 2. The number of hydrogen-bond donors (Lipinski definition) is 0. The fourth-order valence-corrected chi connectivity index (χ4v) is 6.84. The van der Waals surface area contributed by atoms with Gasteiger partial charge in [-0.2, -0.15) is 0 Å². The maximum Gasteiger partial charge on any atom is 0.339 e. The third kappa shape index (κ3) is 5.63. The van der Waals surface area contributed by atoms with Gasteiger partial charge in [0.1, 0.15) is 0 Å². The van der Waals surface area contributed by atoms with Crippen molar-refractivity contribution in [3.05, 3.63) is 105 Å². The number of carbonyl (C=O) groups is 4. The van der Waals surface area contributed by atoms with Gasteiger partial charge in [0.25, 0.3) is 0 Å². The zero-order valence-electron chi connectivity index (χ0n) is 25.6. The number of imide groups is 1. The summed E-state index contributed by atoms with van der Waals surface area (Å²) in [6.07, 6.45) is 5.25. The normalized spacial score (nSPS) is 19.2. The predicted molar refractivity (Wildman–Crippen MR) is 177 cm³/mol. The summed E-state index contributed by atoms with van der Waals surface area (Å²) in [5, 5.41) is 0.615. The first-order valence-corrected chi connectivity index (χ1v) is 15.9. The van der Waals surface area contributed by atoms with Gasteiger partial charge in [-0.05, 0) is 85.7 Å². The lowest BCUT2D eigenvalue weighted by Gasteiger charge is -2.22. The van der Waals surface area contributed by atoms with Gasteiger partial charge in [0, 0.05) is 21.0 Å². The highest BCUT2D eigenvalue weighted by atomic mass is 79.9. The van der Waals surface area contributed by atoms with E-state index in [4.69, 9.17) is 9.72 Å². The molecule has 1 aromatic heterocycles. The van der Waals surface area contributed by atoms with Gasteiger partial charge in [0.05, 0.1) is 34.3 Å². The van der Waals surface area contributed by atoms with Crippen LogP contribution < -0.4 is 4.90 Å². The largest absolute Gasteiger partial charge is 0.454 e. The van der Waals surface area contributed by atoms with Crippen LogP contribution in [0.3, 0.4) is 0 Å². The lowest BCUT2D eigenvalue weighted by atomic mass is 9.78. The van der Waals surface area contributed by atoms with Crippen LogP contribution in [0, 0.1) is 31.6 Å². The molecule has 3 unspecified atom stereocenters. The Bertz CT molecular complexity index is 1910. The van der Waals surface area contributed by atoms with E-state index >= 15 is 0 Å². The van der Waals surface area contributed by atoms with Gasteiger partial charge in [-0.1, -0.05) is 66.2 Å². The van der Waals surface area contributed by atoms with Crippen LogP contribution in [0.25, 0.3) is 22.2 Å². The Morgan fingerprint density at radius 2 is 1.73 bits per heavy atom. The van der Waals surface area contributed by atoms with E-state index in [1.165, 1.54) is 4.90 Å². The lowest BCUT2D eigenvalue weighted by molar-refractivity contribution is -0.122. The molecule has 3 aromatic carbocycles. The summed E-state index contributed by atoms with van der Waals surface area (Å²) in [5.74, 6) is -1.92. The van der Waals surface area contributed by atoms with Crippen LogP contribution in [0.2, 0.25) is 0 Å². The molecule has 0 N–H and O–H groups in total. The number of ether oxygens (including phenoxy) is 1. The second kappa shape index (κ2) is 12.2. The number of anilines is 1. The quantitative estimate of drug-likeness (QED) is 0.0875. The van der Waals surface area contributed by atoms with Crippen LogP contribution >= 0.6 is 15.9 Å². The fraction of sp³-hybridized carbons (Fsp3) is 0.270. The Balaban J connectivity index is 1.32. The van der Waals surface area contributed by atoms with Crippen LogP contribution in [0.15, 0.2) is 77.3 Å². The van der Waals surface area contributed by atoms with Crippen molar-refractivity contribution in [1.82, 2.24) is 4.98 Å². The minimum Gasteiger partial charge on any atom is -0.454 e. The Morgan fingerprint density at radius 1 is 0.978 bits per heavy atom. The van der Waals surface area contributed by atoms with E-state index in [0.29, 0.717) is 51.8 Å². The van der Waals surface area contributed by atoms with Crippen molar-refractivity contribution < 1.29 is 23.9 Å². The Morgan fingerprint density at radius 3 is 2.42 bits per heavy atom. The number of carbonyl (C=O) groups excluding carboxylic acids is 4. The zero-order valence-corrected chi connectivity index (χ0v) is 27.2. The van der Waals surface area contributed by atoms with Crippen molar-refractivity contribution >= 4 is 56.1 Å². The van der Waals surface area contributed by atoms with Gasteiger partial charge >= 0.3 is 5.97 Å². The molecule has 2 aliphatic rings. The number of halogens is 1. The number of nitrogens with zero attached hydrogens (tertiary/aromatic N) is 2. The van der Waals surface area contributed by atoms with Gasteiger partial charge < -0.3 is 4.74 Å². The molecule has 7 nitrogen and oxygen atoms in total. The van der Waals surface area contributed by atoms with Gasteiger partial charge in [-0.25, -0.2) is 9.78 Å². The summed E-state index contributed by atoms with van der Waals surface area (Å²) >= 11 is 3.55. The van der Waals surface area contributed by atoms with Gasteiger partial charge in [0.2, 0.25) is 11.8 Å². The molecule has 1 fully saturated rings. The maximum absolute atomic E-state index is 13.6. The molecule has 3 atom stereocenters. The standard InChI is InChI=1S/C37H33BrN2O5/c1-5-23-16-26(38)17-29-30(37(44)45-19-32(41)25-10-9-20(2)22(4)15-25)18-31(39-34(23)29)24-11-13-27(14-12-24)40-35(42)28-8-6-7-21(3)33(28)36(40)43/h6-7,9-18,21,28,33H,5,8,19H2,1-4H3. The minimum atomic E-state index is -0.629. The van der Waals surface area contributed by atoms with E-state index in [1.54, 1.807) is 42.5 Å². The Kier molecular flexibility index (Phi) is 8.27. The van der Waals surface area contributed by atoms with E-state index in [9.17, 15) is 19.2 Å². The number of esters is 1. The minimum absolute atomic E-state index is 0.00792. The second-order valence-corrected chi connectivity index (χ2v) is 12.8. The molecule has 228 valence electrons. The number of rotatable bonds is 7. The van der Waals surface area contributed by atoms with Crippen molar-refractivity contribution in [2.24, 2.45) is 17.8 Å². The van der Waals surface area contributed by atoms with Crippen molar-refractivity contribution in [3.63, 3.8) is 0 Å². The molecule has 1 aliphatic heterocycles. The smallest absolute Gasteiger partial charge is 0.339 e. The maximum atomic E-state index is 13.6. The number of aryl methyl sites for hydroxylation is 3. The number of benzene rings is 3. The van der Waals surface area contributed by atoms with Gasteiger partial charge in [-0.3, -0.25) is 19.3 Å². The molecule has 1 aliphatic carbocycles. The molecular formula is C37H33BrN2O5. The van der Waals surface area contributed by atoms with Crippen LogP contribution in [-0.2, 0) is 20.7 Å².